The van der Waals surface area contributed by atoms with E-state index < -0.39 is 6.09 Å². The Morgan fingerprint density at radius 2 is 2.06 bits per heavy atom. The Morgan fingerprint density at radius 1 is 1.39 bits per heavy atom. The van der Waals surface area contributed by atoms with Gasteiger partial charge in [0, 0.05) is 16.5 Å². The Labute approximate surface area is 106 Å². The van der Waals surface area contributed by atoms with Gasteiger partial charge in [-0.15, -0.1) is 0 Å². The molecule has 0 radical (unpaired) electrons. The van der Waals surface area contributed by atoms with Crippen LogP contribution in [-0.2, 0) is 5.41 Å². The first-order valence-corrected chi connectivity index (χ1v) is 5.87. The highest BCUT2D eigenvalue weighted by molar-refractivity contribution is 5.95. The van der Waals surface area contributed by atoms with Gasteiger partial charge in [0.1, 0.15) is 0 Å². The van der Waals surface area contributed by atoms with Crippen molar-refractivity contribution in [2.75, 3.05) is 0 Å². The van der Waals surface area contributed by atoms with Crippen molar-refractivity contribution in [2.24, 2.45) is 0 Å². The van der Waals surface area contributed by atoms with Gasteiger partial charge in [-0.25, -0.2) is 9.36 Å². The SMILES string of the molecule is C=Cc1cccc2c1cc(C(C)(C)C)n2C(=O)O. The summed E-state index contributed by atoms with van der Waals surface area (Å²) >= 11 is 0. The lowest BCUT2D eigenvalue weighted by Gasteiger charge is -2.19. The maximum absolute atomic E-state index is 11.5. The highest BCUT2D eigenvalue weighted by Gasteiger charge is 2.24. The van der Waals surface area contributed by atoms with Crippen LogP contribution in [-0.4, -0.2) is 15.8 Å². The van der Waals surface area contributed by atoms with Crippen LogP contribution in [0.1, 0.15) is 32.0 Å². The molecular weight excluding hydrogens is 226 g/mol. The second-order valence-electron chi connectivity index (χ2n) is 5.38. The highest BCUT2D eigenvalue weighted by atomic mass is 16.4. The number of carbonyl (C=O) groups is 1. The summed E-state index contributed by atoms with van der Waals surface area (Å²) in [5.74, 6) is 0. The van der Waals surface area contributed by atoms with Crippen LogP contribution in [0, 0.1) is 0 Å². The molecule has 0 saturated heterocycles. The molecule has 1 aromatic heterocycles. The number of rotatable bonds is 1. The first kappa shape index (κ1) is 12.4. The Hall–Kier alpha value is -2.03. The monoisotopic (exact) mass is 243 g/mol. The van der Waals surface area contributed by atoms with Crippen LogP contribution in [0.25, 0.3) is 17.0 Å². The van der Waals surface area contributed by atoms with Crippen LogP contribution in [0.3, 0.4) is 0 Å². The lowest BCUT2D eigenvalue weighted by atomic mass is 9.92. The van der Waals surface area contributed by atoms with Crippen LogP contribution in [0.15, 0.2) is 30.8 Å². The molecule has 18 heavy (non-hydrogen) atoms. The smallest absolute Gasteiger partial charge is 0.416 e. The first-order chi connectivity index (χ1) is 8.36. The minimum absolute atomic E-state index is 0.226. The van der Waals surface area contributed by atoms with E-state index in [1.165, 1.54) is 4.57 Å². The minimum Gasteiger partial charge on any atom is -0.464 e. The molecule has 3 nitrogen and oxygen atoms in total. The molecule has 2 aromatic rings. The molecule has 2 rings (SSSR count). The third-order valence-corrected chi connectivity index (χ3v) is 3.06. The lowest BCUT2D eigenvalue weighted by Crippen LogP contribution is -2.21. The van der Waals surface area contributed by atoms with E-state index in [-0.39, 0.29) is 5.41 Å². The summed E-state index contributed by atoms with van der Waals surface area (Å²) in [4.78, 5) is 11.5. The Bertz CT molecular complexity index is 630. The molecule has 0 amide bonds. The number of benzene rings is 1. The second-order valence-corrected chi connectivity index (χ2v) is 5.38. The molecule has 0 fully saturated rings. The molecule has 0 aliphatic rings. The van der Waals surface area contributed by atoms with E-state index in [2.05, 4.69) is 6.58 Å². The number of carboxylic acid groups (broad SMARTS) is 1. The summed E-state index contributed by atoms with van der Waals surface area (Å²) in [6.07, 6.45) is 0.803. The summed E-state index contributed by atoms with van der Waals surface area (Å²) in [6, 6.07) is 7.56. The molecule has 94 valence electrons. The Kier molecular flexibility index (Phi) is 2.77. The molecule has 0 spiro atoms. The summed E-state index contributed by atoms with van der Waals surface area (Å²) in [7, 11) is 0. The molecule has 0 atom stereocenters. The van der Waals surface area contributed by atoms with Gasteiger partial charge in [0.2, 0.25) is 0 Å². The van der Waals surface area contributed by atoms with Gasteiger partial charge in [0.25, 0.3) is 0 Å². The second kappa shape index (κ2) is 4.02. The highest BCUT2D eigenvalue weighted by Crippen LogP contribution is 2.31. The summed E-state index contributed by atoms with van der Waals surface area (Å²) in [5.41, 5.74) is 2.23. The number of aromatic nitrogens is 1. The van der Waals surface area contributed by atoms with Gasteiger partial charge in [-0.1, -0.05) is 45.6 Å². The zero-order chi connectivity index (χ0) is 13.5. The van der Waals surface area contributed by atoms with E-state index in [0.29, 0.717) is 5.52 Å². The van der Waals surface area contributed by atoms with E-state index in [1.54, 1.807) is 6.08 Å². The van der Waals surface area contributed by atoms with Crippen molar-refractivity contribution in [1.82, 2.24) is 4.57 Å². The molecule has 1 N–H and O–H groups in total. The van der Waals surface area contributed by atoms with Crippen molar-refractivity contribution in [3.05, 3.63) is 42.1 Å². The van der Waals surface area contributed by atoms with Gasteiger partial charge in [0.15, 0.2) is 0 Å². The van der Waals surface area contributed by atoms with Gasteiger partial charge in [-0.05, 0) is 17.7 Å². The predicted molar refractivity (Wildman–Crippen MR) is 74.2 cm³/mol. The normalized spacial score (nSPS) is 11.7. The molecule has 1 heterocycles. The van der Waals surface area contributed by atoms with Crippen molar-refractivity contribution in [3.63, 3.8) is 0 Å². The lowest BCUT2D eigenvalue weighted by molar-refractivity contribution is 0.195. The zero-order valence-electron chi connectivity index (χ0n) is 10.9. The fourth-order valence-corrected chi connectivity index (χ4v) is 2.19. The Balaban J connectivity index is 2.92. The maximum atomic E-state index is 11.5. The summed E-state index contributed by atoms with van der Waals surface area (Å²) in [5, 5.41) is 10.3. The van der Waals surface area contributed by atoms with Crippen LogP contribution in [0.2, 0.25) is 0 Å². The summed E-state index contributed by atoms with van der Waals surface area (Å²) < 4.78 is 1.36. The van der Waals surface area contributed by atoms with Crippen LogP contribution < -0.4 is 0 Å². The summed E-state index contributed by atoms with van der Waals surface area (Å²) in [6.45, 7) is 9.79. The van der Waals surface area contributed by atoms with Gasteiger partial charge in [-0.2, -0.15) is 0 Å². The molecule has 0 aliphatic carbocycles. The molecule has 0 aliphatic heterocycles. The van der Waals surface area contributed by atoms with Gasteiger partial charge in [-0.3, -0.25) is 0 Å². The third-order valence-electron chi connectivity index (χ3n) is 3.06. The van der Waals surface area contributed by atoms with Gasteiger partial charge in [0.05, 0.1) is 5.52 Å². The topological polar surface area (TPSA) is 42.2 Å². The number of hydrogen-bond donors (Lipinski definition) is 1. The molecule has 3 heteroatoms. The van der Waals surface area contributed by atoms with Crippen LogP contribution >= 0.6 is 0 Å². The number of hydrogen-bond acceptors (Lipinski definition) is 1. The van der Waals surface area contributed by atoms with Crippen molar-refractivity contribution in [3.8, 4) is 0 Å². The molecular formula is C15H17NO2. The average Bonchev–Trinajstić information content (AvgIpc) is 2.67. The van der Waals surface area contributed by atoms with Gasteiger partial charge >= 0.3 is 6.09 Å². The quantitative estimate of drug-likeness (QED) is 0.819. The third kappa shape index (κ3) is 1.82. The number of nitrogens with zero attached hydrogens (tertiary/aromatic N) is 1. The van der Waals surface area contributed by atoms with Crippen molar-refractivity contribution < 1.29 is 9.90 Å². The maximum Gasteiger partial charge on any atom is 0.416 e. The van der Waals surface area contributed by atoms with E-state index in [0.717, 1.165) is 16.6 Å². The van der Waals surface area contributed by atoms with Crippen LogP contribution in [0.4, 0.5) is 4.79 Å². The molecule has 0 bridgehead atoms. The predicted octanol–water partition coefficient (Wildman–Crippen LogP) is 4.11. The van der Waals surface area contributed by atoms with Crippen molar-refractivity contribution in [1.29, 1.82) is 0 Å². The fourth-order valence-electron chi connectivity index (χ4n) is 2.19. The minimum atomic E-state index is -0.948. The largest absolute Gasteiger partial charge is 0.464 e. The standard InChI is InChI=1S/C15H17NO2/c1-5-10-7-6-8-12-11(10)9-13(15(2,3)4)16(12)14(17)18/h5-9H,1H2,2-4H3,(H,17,18). The molecule has 0 unspecified atom stereocenters. The van der Waals surface area contributed by atoms with E-state index in [9.17, 15) is 9.90 Å². The number of fused-ring (bicyclic) bond motifs is 1. The zero-order valence-corrected chi connectivity index (χ0v) is 10.9. The van der Waals surface area contributed by atoms with Crippen molar-refractivity contribution >= 4 is 23.1 Å². The molecule has 1 aromatic carbocycles. The van der Waals surface area contributed by atoms with Gasteiger partial charge < -0.3 is 5.11 Å². The van der Waals surface area contributed by atoms with Crippen LogP contribution in [0.5, 0.6) is 0 Å². The van der Waals surface area contributed by atoms with E-state index >= 15 is 0 Å². The fraction of sp³-hybridized carbons (Fsp3) is 0.267. The Morgan fingerprint density at radius 3 is 2.56 bits per heavy atom. The molecule has 0 saturated carbocycles. The van der Waals surface area contributed by atoms with E-state index in [4.69, 9.17) is 0 Å². The van der Waals surface area contributed by atoms with Crippen molar-refractivity contribution in [2.45, 2.75) is 26.2 Å². The first-order valence-electron chi connectivity index (χ1n) is 5.87. The van der Waals surface area contributed by atoms with E-state index in [1.807, 2.05) is 45.0 Å². The average molecular weight is 243 g/mol.